The Morgan fingerprint density at radius 2 is 2.14 bits per heavy atom. The molecule has 2 rings (SSSR count). The molecule has 1 aliphatic rings. The molecule has 1 amide bonds. The van der Waals surface area contributed by atoms with Gasteiger partial charge in [0.25, 0.3) is 0 Å². The largest absolute Gasteiger partial charge is 0.387 e. The predicted molar refractivity (Wildman–Crippen MR) is 83.9 cm³/mol. The van der Waals surface area contributed by atoms with Gasteiger partial charge >= 0.3 is 0 Å². The molecule has 0 bridgehead atoms. The van der Waals surface area contributed by atoms with E-state index in [4.69, 9.17) is 0 Å². The molecule has 0 radical (unpaired) electrons. The molecule has 2 N–H and O–H groups in total. The second kappa shape index (κ2) is 6.54. The molecule has 0 heterocycles. The lowest BCUT2D eigenvalue weighted by atomic mass is 9.63. The quantitative estimate of drug-likeness (QED) is 0.843. The smallest absolute Gasteiger partial charge is 0.230 e. The maximum atomic E-state index is 14.0. The van der Waals surface area contributed by atoms with Crippen LogP contribution < -0.4 is 5.32 Å². The summed E-state index contributed by atoms with van der Waals surface area (Å²) < 4.78 is 27.1. The number of carbonyl (C=O) groups is 1. The van der Waals surface area contributed by atoms with Gasteiger partial charge in [0.2, 0.25) is 5.91 Å². The third-order valence-electron chi connectivity index (χ3n) is 4.17. The molecule has 0 aromatic heterocycles. The molecule has 1 fully saturated rings. The molecule has 122 valence electrons. The summed E-state index contributed by atoms with van der Waals surface area (Å²) in [6.45, 7) is 1.76. The molecule has 3 nitrogen and oxygen atoms in total. The molecule has 6 heteroatoms. The zero-order chi connectivity index (χ0) is 16.4. The first-order valence-electron chi connectivity index (χ1n) is 7.26. The highest BCUT2D eigenvalue weighted by atomic mass is 32.2. The summed E-state index contributed by atoms with van der Waals surface area (Å²) in [5.74, 6) is -1.15. The van der Waals surface area contributed by atoms with Crippen LogP contribution in [-0.4, -0.2) is 35.2 Å². The number of benzene rings is 1. The van der Waals surface area contributed by atoms with Crippen molar-refractivity contribution in [3.05, 3.63) is 35.4 Å². The second-order valence-corrected chi connectivity index (χ2v) is 7.04. The van der Waals surface area contributed by atoms with Crippen LogP contribution >= 0.6 is 11.8 Å². The van der Waals surface area contributed by atoms with Crippen LogP contribution in [0, 0.1) is 11.6 Å². The number of thioether (sulfide) groups is 1. The van der Waals surface area contributed by atoms with Gasteiger partial charge in [-0.2, -0.15) is 11.8 Å². The summed E-state index contributed by atoms with van der Waals surface area (Å²) in [6, 6.07) is 3.34. The molecule has 0 aliphatic heterocycles. The summed E-state index contributed by atoms with van der Waals surface area (Å²) in [6.07, 6.45) is 3.77. The van der Waals surface area contributed by atoms with Crippen molar-refractivity contribution in [3.8, 4) is 0 Å². The third kappa shape index (κ3) is 3.43. The van der Waals surface area contributed by atoms with E-state index in [9.17, 15) is 18.7 Å². The van der Waals surface area contributed by atoms with Gasteiger partial charge < -0.3 is 10.4 Å². The Labute approximate surface area is 133 Å². The molecule has 1 aromatic rings. The number of nitrogens with one attached hydrogen (secondary N) is 1. The van der Waals surface area contributed by atoms with Crippen molar-refractivity contribution in [2.75, 3.05) is 18.6 Å². The van der Waals surface area contributed by atoms with Crippen molar-refractivity contribution >= 4 is 17.7 Å². The number of amides is 1. The fourth-order valence-electron chi connectivity index (χ4n) is 2.83. The van der Waals surface area contributed by atoms with Gasteiger partial charge in [0.15, 0.2) is 0 Å². The van der Waals surface area contributed by atoms with Crippen LogP contribution in [0.4, 0.5) is 8.78 Å². The van der Waals surface area contributed by atoms with Crippen LogP contribution in [0.2, 0.25) is 0 Å². The molecule has 1 unspecified atom stereocenters. The van der Waals surface area contributed by atoms with Crippen molar-refractivity contribution in [1.29, 1.82) is 0 Å². The molecule has 1 saturated carbocycles. The Morgan fingerprint density at radius 3 is 2.64 bits per heavy atom. The number of carbonyl (C=O) groups excluding carboxylic acids is 1. The van der Waals surface area contributed by atoms with E-state index in [1.165, 1.54) is 23.9 Å². The SMILES string of the molecule is CSCC(C)(O)CNC(=O)C1(c2ccc(F)cc2F)CCC1. The minimum absolute atomic E-state index is 0.108. The topological polar surface area (TPSA) is 49.3 Å². The van der Waals surface area contributed by atoms with Crippen LogP contribution in [0.5, 0.6) is 0 Å². The number of aliphatic hydroxyl groups is 1. The third-order valence-corrected chi connectivity index (χ3v) is 5.08. The first-order valence-corrected chi connectivity index (χ1v) is 8.65. The minimum atomic E-state index is -1.01. The van der Waals surface area contributed by atoms with Crippen LogP contribution in [0.25, 0.3) is 0 Å². The van der Waals surface area contributed by atoms with E-state index < -0.39 is 22.7 Å². The second-order valence-electron chi connectivity index (χ2n) is 6.17. The van der Waals surface area contributed by atoms with E-state index in [2.05, 4.69) is 5.32 Å². The zero-order valence-corrected chi connectivity index (χ0v) is 13.6. The van der Waals surface area contributed by atoms with Gasteiger partial charge in [-0.15, -0.1) is 0 Å². The van der Waals surface area contributed by atoms with Gasteiger partial charge in [0.1, 0.15) is 11.6 Å². The molecule has 1 atom stereocenters. The summed E-state index contributed by atoms with van der Waals surface area (Å²) >= 11 is 1.48. The van der Waals surface area contributed by atoms with E-state index in [1.807, 2.05) is 6.26 Å². The van der Waals surface area contributed by atoms with Crippen LogP contribution in [0.3, 0.4) is 0 Å². The number of hydrogen-bond donors (Lipinski definition) is 2. The van der Waals surface area contributed by atoms with Crippen molar-refractivity contribution in [2.45, 2.75) is 37.2 Å². The fourth-order valence-corrected chi connectivity index (χ4v) is 3.55. The van der Waals surface area contributed by atoms with Crippen molar-refractivity contribution in [1.82, 2.24) is 5.32 Å². The first kappa shape index (κ1) is 17.2. The molecular formula is C16H21F2NO2S. The Balaban J connectivity index is 2.15. The maximum Gasteiger partial charge on any atom is 0.230 e. The first-order chi connectivity index (χ1) is 10.3. The molecule has 0 saturated heterocycles. The summed E-state index contributed by atoms with van der Waals surface area (Å²) in [7, 11) is 0. The molecule has 1 aromatic carbocycles. The number of rotatable bonds is 6. The van der Waals surface area contributed by atoms with Gasteiger partial charge in [0, 0.05) is 23.9 Å². The number of hydrogen-bond acceptors (Lipinski definition) is 3. The lowest BCUT2D eigenvalue weighted by molar-refractivity contribution is -0.131. The van der Waals surface area contributed by atoms with Crippen LogP contribution in [0.1, 0.15) is 31.7 Å². The van der Waals surface area contributed by atoms with Crippen LogP contribution in [0.15, 0.2) is 18.2 Å². The molecule has 1 aliphatic carbocycles. The minimum Gasteiger partial charge on any atom is -0.387 e. The summed E-state index contributed by atoms with van der Waals surface area (Å²) in [5.41, 5.74) is -1.71. The van der Waals surface area contributed by atoms with Gasteiger partial charge in [-0.3, -0.25) is 4.79 Å². The van der Waals surface area contributed by atoms with Gasteiger partial charge in [-0.25, -0.2) is 8.78 Å². The average molecular weight is 329 g/mol. The average Bonchev–Trinajstić information content (AvgIpc) is 2.37. The highest BCUT2D eigenvalue weighted by Gasteiger charge is 2.47. The highest BCUT2D eigenvalue weighted by molar-refractivity contribution is 7.98. The Bertz CT molecular complexity index is 559. The monoisotopic (exact) mass is 329 g/mol. The lowest BCUT2D eigenvalue weighted by Gasteiger charge is -2.41. The van der Waals surface area contributed by atoms with E-state index >= 15 is 0 Å². The lowest BCUT2D eigenvalue weighted by Crippen LogP contribution is -2.53. The predicted octanol–water partition coefficient (Wildman–Crippen LogP) is 2.62. The fraction of sp³-hybridized carbons (Fsp3) is 0.562. The summed E-state index contributed by atoms with van der Waals surface area (Å²) in [5, 5.41) is 12.9. The normalized spacial score (nSPS) is 19.1. The van der Waals surface area contributed by atoms with Crippen molar-refractivity contribution < 1.29 is 18.7 Å². The van der Waals surface area contributed by atoms with E-state index in [0.29, 0.717) is 18.6 Å². The standard InChI is InChI=1S/C16H21F2NO2S/c1-15(21,10-22-2)9-19-14(20)16(6-3-7-16)12-5-4-11(17)8-13(12)18/h4-5,8,21H,3,6-7,9-10H2,1-2H3,(H,19,20). The van der Waals surface area contributed by atoms with Gasteiger partial charge in [0.05, 0.1) is 11.0 Å². The van der Waals surface area contributed by atoms with Crippen LogP contribution in [-0.2, 0) is 10.2 Å². The Kier molecular flexibility index (Phi) is 5.12. The molecule has 0 spiro atoms. The van der Waals surface area contributed by atoms with E-state index in [0.717, 1.165) is 12.5 Å². The highest BCUT2D eigenvalue weighted by Crippen LogP contribution is 2.45. The summed E-state index contributed by atoms with van der Waals surface area (Å²) in [4.78, 5) is 12.5. The zero-order valence-electron chi connectivity index (χ0n) is 12.8. The van der Waals surface area contributed by atoms with E-state index in [-0.39, 0.29) is 18.0 Å². The van der Waals surface area contributed by atoms with Gasteiger partial charge in [-0.05, 0) is 32.1 Å². The van der Waals surface area contributed by atoms with Gasteiger partial charge in [-0.1, -0.05) is 12.5 Å². The molecule has 22 heavy (non-hydrogen) atoms. The Morgan fingerprint density at radius 1 is 1.45 bits per heavy atom. The van der Waals surface area contributed by atoms with Crippen molar-refractivity contribution in [3.63, 3.8) is 0 Å². The Hall–Kier alpha value is -1.14. The van der Waals surface area contributed by atoms with E-state index in [1.54, 1.807) is 6.92 Å². The van der Waals surface area contributed by atoms with Crippen molar-refractivity contribution in [2.24, 2.45) is 0 Å². The maximum absolute atomic E-state index is 14.0. The molecular weight excluding hydrogens is 308 g/mol. The number of halogens is 2.